The number of amidine groups is 1. The number of Topliss-reactive ketones (excluding diaryl/α,β-unsaturated/α-hetero) is 1. The van der Waals surface area contributed by atoms with Crippen molar-refractivity contribution in [1.29, 1.82) is 5.41 Å². The predicted octanol–water partition coefficient (Wildman–Crippen LogP) is 4.58. The monoisotopic (exact) mass is 616 g/mol. The summed E-state index contributed by atoms with van der Waals surface area (Å²) in [7, 11) is 1.56. The Labute approximate surface area is 247 Å². The van der Waals surface area contributed by atoms with E-state index in [1.165, 1.54) is 0 Å². The van der Waals surface area contributed by atoms with Gasteiger partial charge in [-0.25, -0.2) is 0 Å². The summed E-state index contributed by atoms with van der Waals surface area (Å²) in [5.41, 5.74) is 4.12. The Balaban J connectivity index is 0.00000441. The van der Waals surface area contributed by atoms with E-state index in [1.54, 1.807) is 18.0 Å². The van der Waals surface area contributed by atoms with Gasteiger partial charge in [-0.3, -0.25) is 15.0 Å². The number of anilines is 1. The first-order valence-electron chi connectivity index (χ1n) is 13.6. The van der Waals surface area contributed by atoms with Crippen LogP contribution in [0, 0.1) is 5.41 Å². The highest BCUT2D eigenvalue weighted by molar-refractivity contribution is 8.93. The number of amides is 1. The zero-order valence-electron chi connectivity index (χ0n) is 24.3. The van der Waals surface area contributed by atoms with Crippen LogP contribution < -0.4 is 19.7 Å². The van der Waals surface area contributed by atoms with Gasteiger partial charge in [-0.05, 0) is 49.1 Å². The lowest BCUT2D eigenvalue weighted by molar-refractivity contribution is 0.0953. The first-order chi connectivity index (χ1) is 18.6. The number of ether oxygens (including phenoxy) is 3. The van der Waals surface area contributed by atoms with Gasteiger partial charge >= 0.3 is 0 Å². The minimum Gasteiger partial charge on any atom is -0.493 e. The first-order valence-corrected chi connectivity index (χ1v) is 13.6. The highest BCUT2D eigenvalue weighted by Gasteiger charge is 2.31. The molecule has 1 amide bonds. The van der Waals surface area contributed by atoms with Crippen LogP contribution in [-0.2, 0) is 16.7 Å². The van der Waals surface area contributed by atoms with Crippen molar-refractivity contribution in [1.82, 2.24) is 10.2 Å². The molecular weight excluding hydrogens is 576 g/mol. The highest BCUT2D eigenvalue weighted by Crippen LogP contribution is 2.41. The number of rotatable bonds is 9. The summed E-state index contributed by atoms with van der Waals surface area (Å²) in [5.74, 6) is 1.17. The Morgan fingerprint density at radius 1 is 1.05 bits per heavy atom. The number of carbonyl (C=O) groups excluding carboxylic acids is 2. The first kappa shape index (κ1) is 31.4. The van der Waals surface area contributed by atoms with Crippen molar-refractivity contribution in [2.45, 2.75) is 46.6 Å². The van der Waals surface area contributed by atoms with Crippen LogP contribution in [0.3, 0.4) is 0 Å². The molecule has 0 bridgehead atoms. The summed E-state index contributed by atoms with van der Waals surface area (Å²) >= 11 is 0. The van der Waals surface area contributed by atoms with Crippen LogP contribution in [0.25, 0.3) is 0 Å². The van der Waals surface area contributed by atoms with Crippen molar-refractivity contribution in [3.63, 3.8) is 0 Å². The second-order valence-corrected chi connectivity index (χ2v) is 10.8. The van der Waals surface area contributed by atoms with Crippen molar-refractivity contribution >= 4 is 40.2 Å². The third kappa shape index (κ3) is 6.44. The third-order valence-electron chi connectivity index (χ3n) is 7.08. The predicted molar refractivity (Wildman–Crippen MR) is 162 cm³/mol. The second kappa shape index (κ2) is 13.0. The average molecular weight is 618 g/mol. The molecule has 2 aliphatic heterocycles. The molecule has 0 atom stereocenters. The van der Waals surface area contributed by atoms with Crippen molar-refractivity contribution in [2.75, 3.05) is 58.0 Å². The number of ketones is 1. The molecule has 2 aromatic rings. The number of nitrogens with zero attached hydrogens (tertiary/aromatic N) is 2. The standard InChI is InChI=1S/C30H40N4O5.BrH/c1-7-38-26-15-20-17-34(28(31)21(20)16-22(26)29(36)32-6)18-25(35)19-13-23(30(3,4)5)27(39-8-2)24(14-19)33-9-11-37-12-10-33;/h13-16,31H,7-12,17-18H2,1-6H3,(H,32,36);1H. The van der Waals surface area contributed by atoms with Crippen LogP contribution >= 0.6 is 17.0 Å². The maximum atomic E-state index is 13.8. The number of hydrogen-bond acceptors (Lipinski definition) is 7. The van der Waals surface area contributed by atoms with Gasteiger partial charge in [0.25, 0.3) is 5.91 Å². The quantitative estimate of drug-likeness (QED) is 0.397. The lowest BCUT2D eigenvalue weighted by Gasteiger charge is -2.33. The van der Waals surface area contributed by atoms with Crippen LogP contribution in [0.1, 0.15) is 72.0 Å². The maximum absolute atomic E-state index is 13.8. The van der Waals surface area contributed by atoms with Crippen LogP contribution in [0.4, 0.5) is 5.69 Å². The number of halogens is 1. The summed E-state index contributed by atoms with van der Waals surface area (Å²) in [4.78, 5) is 30.2. The van der Waals surface area contributed by atoms with E-state index in [4.69, 9.17) is 19.6 Å². The van der Waals surface area contributed by atoms with Gasteiger partial charge in [0.15, 0.2) is 5.78 Å². The maximum Gasteiger partial charge on any atom is 0.254 e. The Bertz CT molecular complexity index is 1270. The molecule has 0 aliphatic carbocycles. The van der Waals surface area contributed by atoms with Crippen LogP contribution in [0.2, 0.25) is 0 Å². The van der Waals surface area contributed by atoms with Gasteiger partial charge < -0.3 is 29.3 Å². The minimum atomic E-state index is -0.275. The smallest absolute Gasteiger partial charge is 0.254 e. The Morgan fingerprint density at radius 3 is 2.33 bits per heavy atom. The Kier molecular flexibility index (Phi) is 10.2. The summed E-state index contributed by atoms with van der Waals surface area (Å²) in [6, 6.07) is 7.38. The molecule has 2 aromatic carbocycles. The molecule has 0 spiro atoms. The molecule has 2 aliphatic rings. The average Bonchev–Trinajstić information content (AvgIpc) is 3.21. The number of benzene rings is 2. The number of carbonyl (C=O) groups is 2. The molecule has 4 rings (SSSR count). The van der Waals surface area contributed by atoms with E-state index in [1.807, 2.05) is 32.0 Å². The third-order valence-corrected chi connectivity index (χ3v) is 7.08. The summed E-state index contributed by atoms with van der Waals surface area (Å²) in [5, 5.41) is 11.4. The second-order valence-electron chi connectivity index (χ2n) is 10.8. The molecule has 2 N–H and O–H groups in total. The molecule has 10 heteroatoms. The molecule has 1 saturated heterocycles. The fourth-order valence-electron chi connectivity index (χ4n) is 5.08. The van der Waals surface area contributed by atoms with E-state index >= 15 is 0 Å². The van der Waals surface area contributed by atoms with Gasteiger partial charge in [-0.2, -0.15) is 0 Å². The van der Waals surface area contributed by atoms with Crippen LogP contribution in [0.5, 0.6) is 11.5 Å². The van der Waals surface area contributed by atoms with Gasteiger partial charge in [0.2, 0.25) is 0 Å². The van der Waals surface area contributed by atoms with Gasteiger partial charge in [0.1, 0.15) is 17.3 Å². The van der Waals surface area contributed by atoms with Crippen molar-refractivity contribution in [2.24, 2.45) is 0 Å². The molecule has 0 saturated carbocycles. The van der Waals surface area contributed by atoms with E-state index in [0.717, 1.165) is 35.7 Å². The molecule has 218 valence electrons. The van der Waals surface area contributed by atoms with E-state index in [-0.39, 0.29) is 46.5 Å². The normalized spacial score (nSPS) is 14.9. The summed E-state index contributed by atoms with van der Waals surface area (Å²) in [6.07, 6.45) is 0. The van der Waals surface area contributed by atoms with Gasteiger partial charge in [0, 0.05) is 43.4 Å². The largest absolute Gasteiger partial charge is 0.493 e. The number of nitrogens with one attached hydrogen (secondary N) is 2. The highest BCUT2D eigenvalue weighted by atomic mass is 79.9. The lowest BCUT2D eigenvalue weighted by atomic mass is 9.84. The summed E-state index contributed by atoms with van der Waals surface area (Å²) < 4.78 is 17.4. The van der Waals surface area contributed by atoms with Gasteiger partial charge in [-0.15, -0.1) is 17.0 Å². The number of hydrogen-bond donors (Lipinski definition) is 2. The van der Waals surface area contributed by atoms with Crippen molar-refractivity contribution in [3.05, 3.63) is 52.1 Å². The van der Waals surface area contributed by atoms with Crippen molar-refractivity contribution < 1.29 is 23.8 Å². The summed E-state index contributed by atoms with van der Waals surface area (Å²) in [6.45, 7) is 14.3. The number of morpholine rings is 1. The molecule has 0 aromatic heterocycles. The molecule has 2 heterocycles. The Hall–Kier alpha value is -3.11. The van der Waals surface area contributed by atoms with Crippen LogP contribution in [0.15, 0.2) is 24.3 Å². The van der Waals surface area contributed by atoms with E-state index in [9.17, 15) is 9.59 Å². The molecule has 1 fully saturated rings. The zero-order chi connectivity index (χ0) is 28.3. The van der Waals surface area contributed by atoms with Crippen LogP contribution in [-0.4, -0.2) is 75.5 Å². The fourth-order valence-corrected chi connectivity index (χ4v) is 5.08. The fraction of sp³-hybridized carbons (Fsp3) is 0.500. The molecule has 40 heavy (non-hydrogen) atoms. The van der Waals surface area contributed by atoms with Gasteiger partial charge in [-0.1, -0.05) is 20.8 Å². The molecular formula is C30H41BrN4O5. The van der Waals surface area contributed by atoms with E-state index < -0.39 is 0 Å². The minimum absolute atomic E-state index is 0. The lowest BCUT2D eigenvalue weighted by Crippen LogP contribution is -2.37. The Morgan fingerprint density at radius 2 is 1.73 bits per heavy atom. The van der Waals surface area contributed by atoms with E-state index in [2.05, 4.69) is 31.0 Å². The van der Waals surface area contributed by atoms with Crippen molar-refractivity contribution in [3.8, 4) is 11.5 Å². The topological polar surface area (TPSA) is 104 Å². The van der Waals surface area contributed by atoms with Gasteiger partial charge in [0.05, 0.1) is 44.2 Å². The van der Waals surface area contributed by atoms with E-state index in [0.29, 0.717) is 55.4 Å². The molecule has 9 nitrogen and oxygen atoms in total. The number of fused-ring (bicyclic) bond motifs is 1. The zero-order valence-corrected chi connectivity index (χ0v) is 26.0. The molecule has 0 radical (unpaired) electrons. The molecule has 0 unspecified atom stereocenters. The SMILES string of the molecule is Br.CCOc1cc2c(cc1C(=O)NC)C(=N)N(CC(=O)c1cc(N3CCOCC3)c(OCC)c(C(C)(C)C)c1)C2.